The van der Waals surface area contributed by atoms with Crippen molar-refractivity contribution in [2.75, 3.05) is 0 Å². The van der Waals surface area contributed by atoms with Crippen LogP contribution in [0.15, 0.2) is 53.7 Å². The SMILES string of the molecule is Cn1ncc(-c2nc(-c3ccnc(Cn4cnnn4)c3)no2)c1COc1ccnc(Cl)c1. The lowest BCUT2D eigenvalue weighted by atomic mass is 10.2. The minimum Gasteiger partial charge on any atom is -0.487 e. The molecular formula is C19H15ClN10O2. The smallest absolute Gasteiger partial charge is 0.261 e. The molecule has 0 aromatic carbocycles. The van der Waals surface area contributed by atoms with Crippen molar-refractivity contribution in [2.24, 2.45) is 7.05 Å². The molecule has 0 fully saturated rings. The second kappa shape index (κ2) is 8.51. The van der Waals surface area contributed by atoms with Gasteiger partial charge in [-0.3, -0.25) is 9.67 Å². The Morgan fingerprint density at radius 1 is 1.16 bits per heavy atom. The summed E-state index contributed by atoms with van der Waals surface area (Å²) in [5.74, 6) is 1.35. The molecule has 0 N–H and O–H groups in total. The maximum Gasteiger partial charge on any atom is 0.261 e. The zero-order valence-corrected chi connectivity index (χ0v) is 17.5. The van der Waals surface area contributed by atoms with Crippen LogP contribution in [0.25, 0.3) is 22.8 Å². The lowest BCUT2D eigenvalue weighted by Gasteiger charge is -2.07. The molecule has 0 aliphatic heterocycles. The normalized spacial score (nSPS) is 11.1. The first-order valence-electron chi connectivity index (χ1n) is 9.41. The standard InChI is InChI=1S/C19H15ClN10O2/c1-29-16(10-31-14-3-5-22-17(20)7-14)15(8-24-29)19-25-18(26-32-19)12-2-4-21-13(6-12)9-30-11-23-27-28-30/h2-8,11H,9-10H2,1H3. The molecule has 160 valence electrons. The van der Waals surface area contributed by atoms with Gasteiger partial charge in [0.05, 0.1) is 29.7 Å². The van der Waals surface area contributed by atoms with Crippen molar-refractivity contribution >= 4 is 11.6 Å². The molecule has 0 saturated heterocycles. The molecule has 13 heteroatoms. The fourth-order valence-electron chi connectivity index (χ4n) is 3.01. The number of hydrogen-bond acceptors (Lipinski definition) is 10. The lowest BCUT2D eigenvalue weighted by Crippen LogP contribution is -2.04. The van der Waals surface area contributed by atoms with Gasteiger partial charge < -0.3 is 9.26 Å². The van der Waals surface area contributed by atoms with Crippen molar-refractivity contribution in [3.63, 3.8) is 0 Å². The second-order valence-electron chi connectivity index (χ2n) is 6.70. The maximum absolute atomic E-state index is 5.92. The third-order valence-electron chi connectivity index (χ3n) is 4.58. The molecule has 5 rings (SSSR count). The molecule has 5 aromatic heterocycles. The van der Waals surface area contributed by atoms with E-state index in [0.717, 1.165) is 17.0 Å². The van der Waals surface area contributed by atoms with Crippen LogP contribution in [0.1, 0.15) is 11.4 Å². The molecule has 0 bridgehead atoms. The van der Waals surface area contributed by atoms with Crippen LogP contribution in [0.3, 0.4) is 0 Å². The van der Waals surface area contributed by atoms with Crippen molar-refractivity contribution in [2.45, 2.75) is 13.2 Å². The van der Waals surface area contributed by atoms with Crippen LogP contribution in [0.4, 0.5) is 0 Å². The Morgan fingerprint density at radius 3 is 2.91 bits per heavy atom. The molecule has 5 heterocycles. The number of aryl methyl sites for hydroxylation is 1. The first-order valence-corrected chi connectivity index (χ1v) is 9.79. The van der Waals surface area contributed by atoms with E-state index in [0.29, 0.717) is 34.7 Å². The van der Waals surface area contributed by atoms with E-state index in [2.05, 4.69) is 40.7 Å². The molecule has 0 aliphatic carbocycles. The Hall–Kier alpha value is -4.19. The number of halogens is 1. The van der Waals surface area contributed by atoms with Gasteiger partial charge in [-0.05, 0) is 28.6 Å². The van der Waals surface area contributed by atoms with Gasteiger partial charge in [0, 0.05) is 31.1 Å². The number of hydrogen-bond donors (Lipinski definition) is 0. The highest BCUT2D eigenvalue weighted by Gasteiger charge is 2.19. The summed E-state index contributed by atoms with van der Waals surface area (Å²) in [7, 11) is 1.81. The van der Waals surface area contributed by atoms with E-state index in [-0.39, 0.29) is 6.61 Å². The summed E-state index contributed by atoms with van der Waals surface area (Å²) in [6.45, 7) is 0.657. The number of ether oxygens (including phenoxy) is 1. The maximum atomic E-state index is 5.92. The van der Waals surface area contributed by atoms with E-state index in [1.54, 1.807) is 46.2 Å². The molecule has 0 radical (unpaired) electrons. The van der Waals surface area contributed by atoms with Gasteiger partial charge in [-0.15, -0.1) is 5.10 Å². The van der Waals surface area contributed by atoms with E-state index in [9.17, 15) is 0 Å². The number of pyridine rings is 2. The van der Waals surface area contributed by atoms with Gasteiger partial charge in [-0.1, -0.05) is 16.8 Å². The summed E-state index contributed by atoms with van der Waals surface area (Å²) in [6.07, 6.45) is 6.43. The minimum absolute atomic E-state index is 0.231. The number of nitrogens with zero attached hydrogens (tertiary/aromatic N) is 10. The molecule has 0 saturated carbocycles. The molecule has 0 spiro atoms. The Morgan fingerprint density at radius 2 is 2.06 bits per heavy atom. The highest BCUT2D eigenvalue weighted by molar-refractivity contribution is 6.29. The van der Waals surface area contributed by atoms with Crippen molar-refractivity contribution in [1.82, 2.24) is 50.1 Å². The number of aromatic nitrogens is 10. The van der Waals surface area contributed by atoms with E-state index in [1.807, 2.05) is 13.1 Å². The van der Waals surface area contributed by atoms with Crippen molar-refractivity contribution in [3.8, 4) is 28.6 Å². The van der Waals surface area contributed by atoms with Crippen molar-refractivity contribution in [3.05, 3.63) is 65.7 Å². The lowest BCUT2D eigenvalue weighted by molar-refractivity contribution is 0.294. The van der Waals surface area contributed by atoms with Gasteiger partial charge in [0.15, 0.2) is 0 Å². The van der Waals surface area contributed by atoms with Gasteiger partial charge in [0.25, 0.3) is 5.89 Å². The topological polar surface area (TPSA) is 135 Å². The largest absolute Gasteiger partial charge is 0.487 e. The predicted molar refractivity (Wildman–Crippen MR) is 110 cm³/mol. The Labute approximate surface area is 185 Å². The first-order chi connectivity index (χ1) is 15.7. The minimum atomic E-state index is 0.231. The third kappa shape index (κ3) is 4.16. The highest BCUT2D eigenvalue weighted by Crippen LogP contribution is 2.26. The van der Waals surface area contributed by atoms with Crippen LogP contribution in [0.5, 0.6) is 5.75 Å². The van der Waals surface area contributed by atoms with Crippen molar-refractivity contribution in [1.29, 1.82) is 0 Å². The summed E-state index contributed by atoms with van der Waals surface area (Å²) in [4.78, 5) is 12.8. The molecule has 0 aliphatic rings. The van der Waals surface area contributed by atoms with E-state index >= 15 is 0 Å². The summed E-state index contributed by atoms with van der Waals surface area (Å²) >= 11 is 5.92. The average molecular weight is 451 g/mol. The van der Waals surface area contributed by atoms with Crippen LogP contribution in [-0.2, 0) is 20.2 Å². The fraction of sp³-hybridized carbons (Fsp3) is 0.158. The first kappa shape index (κ1) is 19.8. The summed E-state index contributed by atoms with van der Waals surface area (Å²) in [5, 5.41) is 19.9. The zero-order chi connectivity index (χ0) is 21.9. The fourth-order valence-corrected chi connectivity index (χ4v) is 3.18. The monoisotopic (exact) mass is 450 g/mol. The summed E-state index contributed by atoms with van der Waals surface area (Å²) in [6, 6.07) is 7.02. The molecule has 12 nitrogen and oxygen atoms in total. The Balaban J connectivity index is 1.37. The quantitative estimate of drug-likeness (QED) is 0.339. The molecule has 0 unspecified atom stereocenters. The predicted octanol–water partition coefficient (Wildman–Crippen LogP) is 2.19. The summed E-state index contributed by atoms with van der Waals surface area (Å²) in [5.41, 5.74) is 2.95. The van der Waals surface area contributed by atoms with E-state index < -0.39 is 0 Å². The number of tetrazole rings is 1. The number of rotatable bonds is 7. The van der Waals surface area contributed by atoms with E-state index in [4.69, 9.17) is 20.9 Å². The molecule has 32 heavy (non-hydrogen) atoms. The molecule has 0 amide bonds. The second-order valence-corrected chi connectivity index (χ2v) is 7.09. The van der Waals surface area contributed by atoms with Crippen LogP contribution < -0.4 is 4.74 Å². The van der Waals surface area contributed by atoms with Gasteiger partial charge >= 0.3 is 0 Å². The van der Waals surface area contributed by atoms with Gasteiger partial charge in [-0.25, -0.2) is 9.67 Å². The van der Waals surface area contributed by atoms with Gasteiger partial charge in [0.2, 0.25) is 5.82 Å². The highest BCUT2D eigenvalue weighted by atomic mass is 35.5. The van der Waals surface area contributed by atoms with Crippen LogP contribution in [0, 0.1) is 0 Å². The van der Waals surface area contributed by atoms with Crippen LogP contribution in [-0.4, -0.2) is 50.1 Å². The van der Waals surface area contributed by atoms with E-state index in [1.165, 1.54) is 6.33 Å². The molecule has 5 aromatic rings. The van der Waals surface area contributed by atoms with Crippen molar-refractivity contribution < 1.29 is 9.26 Å². The van der Waals surface area contributed by atoms with Gasteiger partial charge in [-0.2, -0.15) is 10.1 Å². The molecule has 0 atom stereocenters. The van der Waals surface area contributed by atoms with Gasteiger partial charge in [0.1, 0.15) is 23.8 Å². The third-order valence-corrected chi connectivity index (χ3v) is 4.79. The molecular weight excluding hydrogens is 436 g/mol. The van der Waals surface area contributed by atoms with Crippen LogP contribution in [0.2, 0.25) is 5.15 Å². The zero-order valence-electron chi connectivity index (χ0n) is 16.7. The Kier molecular flexibility index (Phi) is 5.25. The van der Waals surface area contributed by atoms with Crippen LogP contribution >= 0.6 is 11.6 Å². The Bertz CT molecular complexity index is 1350. The summed E-state index contributed by atoms with van der Waals surface area (Å²) < 4.78 is 14.6. The average Bonchev–Trinajstić information content (AvgIpc) is 3.54.